The van der Waals surface area contributed by atoms with Gasteiger partial charge in [-0.1, -0.05) is 146 Å². The highest BCUT2D eigenvalue weighted by atomic mass is 16.3. The molecule has 2 heteroatoms. The Morgan fingerprint density at radius 3 is 1.80 bits per heavy atom. The summed E-state index contributed by atoms with van der Waals surface area (Å²) in [4.78, 5) is 4.93. The van der Waals surface area contributed by atoms with Crippen LogP contribution in [0.25, 0.3) is 11.1 Å². The van der Waals surface area contributed by atoms with E-state index >= 15 is 0 Å². The van der Waals surface area contributed by atoms with Crippen LogP contribution < -0.4 is 0 Å². The second-order valence-corrected chi connectivity index (χ2v) is 11.1. The van der Waals surface area contributed by atoms with Gasteiger partial charge in [-0.3, -0.25) is 4.99 Å². The molecule has 0 saturated heterocycles. The number of nitrogens with zero attached hydrogens (tertiary/aromatic N) is 1. The van der Waals surface area contributed by atoms with Gasteiger partial charge in [0.15, 0.2) is 0 Å². The molecular formula is C39H57NO. The van der Waals surface area contributed by atoms with E-state index in [9.17, 15) is 5.11 Å². The average Bonchev–Trinajstić information content (AvgIpc) is 2.99. The van der Waals surface area contributed by atoms with Gasteiger partial charge < -0.3 is 5.11 Å². The molecule has 0 spiro atoms. The molecule has 0 radical (unpaired) electrons. The summed E-state index contributed by atoms with van der Waals surface area (Å²) in [6.45, 7) is 19.4. The van der Waals surface area contributed by atoms with Crippen molar-refractivity contribution < 1.29 is 5.11 Å². The summed E-state index contributed by atoms with van der Waals surface area (Å²) in [6.07, 6.45) is 9.45. The highest BCUT2D eigenvalue weighted by molar-refractivity contribution is 6.10. The highest BCUT2D eigenvalue weighted by Gasteiger charge is 2.13. The van der Waals surface area contributed by atoms with Crippen LogP contribution in [0.15, 0.2) is 95.5 Å². The van der Waals surface area contributed by atoms with E-state index < -0.39 is 0 Å². The summed E-state index contributed by atoms with van der Waals surface area (Å²) in [5.41, 5.74) is 7.06. The van der Waals surface area contributed by atoms with Crippen LogP contribution >= 0.6 is 0 Å². The Kier molecular flexibility index (Phi) is 18.1. The molecule has 3 rings (SSSR count). The fourth-order valence-electron chi connectivity index (χ4n) is 4.72. The molecule has 0 fully saturated rings. The van der Waals surface area contributed by atoms with E-state index in [0.717, 1.165) is 30.0 Å². The summed E-state index contributed by atoms with van der Waals surface area (Å²) in [7, 11) is 0. The number of rotatable bonds is 12. The number of aromatic hydroxyl groups is 1. The number of hydrogen-bond acceptors (Lipinski definition) is 2. The molecule has 1 atom stereocenters. The molecule has 0 saturated carbocycles. The molecule has 0 heterocycles. The Balaban J connectivity index is 0.000000439. The third kappa shape index (κ3) is 13.4. The number of aliphatic imine (C=N–C) groups is 1. The largest absolute Gasteiger partial charge is 0.507 e. The lowest BCUT2D eigenvalue weighted by Gasteiger charge is -2.17. The van der Waals surface area contributed by atoms with Crippen molar-refractivity contribution >= 4 is 5.71 Å². The molecule has 3 aromatic carbocycles. The summed E-state index contributed by atoms with van der Waals surface area (Å²) in [6, 6.07) is 27.0. The van der Waals surface area contributed by atoms with Crippen LogP contribution in [0.3, 0.4) is 0 Å². The molecule has 1 unspecified atom stereocenters. The van der Waals surface area contributed by atoms with E-state index in [-0.39, 0.29) is 6.04 Å². The van der Waals surface area contributed by atoms with Crippen molar-refractivity contribution in [2.24, 2.45) is 16.8 Å². The van der Waals surface area contributed by atoms with Crippen LogP contribution in [0.5, 0.6) is 5.75 Å². The fourth-order valence-corrected chi connectivity index (χ4v) is 4.72. The third-order valence-corrected chi connectivity index (χ3v) is 7.34. The van der Waals surface area contributed by atoms with Gasteiger partial charge >= 0.3 is 0 Å². The van der Waals surface area contributed by atoms with Crippen LogP contribution in [-0.4, -0.2) is 16.9 Å². The molecule has 2 nitrogen and oxygen atoms in total. The standard InChI is InChI=1S/C23H37NO.C14H14.C2H6/c1-7-11-20(12-8-2)15-18(5)16-22(24-19(6)17(3)4)21-13-9-10-14-23(21)25;1-2-12-8-10-14(11-9-12)13-6-4-3-5-7-13;1-2/h9-10,13-14,16-17,19-20,25H,7-8,11-12,15H2,1-6H3;3-11H,2H2,1H3;1-2H3/b18-16+,24-22?;;. The van der Waals surface area contributed by atoms with Crippen molar-refractivity contribution in [3.8, 4) is 16.9 Å². The minimum atomic E-state index is 0.223. The third-order valence-electron chi connectivity index (χ3n) is 7.34. The molecule has 41 heavy (non-hydrogen) atoms. The predicted octanol–water partition coefficient (Wildman–Crippen LogP) is 11.7. The summed E-state index contributed by atoms with van der Waals surface area (Å²) in [5.74, 6) is 1.53. The Labute approximate surface area is 252 Å². The SMILES string of the molecule is CC.CCCC(CCC)C/C(C)=C/C(=NC(C)C(C)C)c1ccccc1O.CCc1ccc(-c2ccccc2)cc1. The maximum atomic E-state index is 10.3. The lowest BCUT2D eigenvalue weighted by molar-refractivity contribution is 0.437. The molecule has 0 aromatic heterocycles. The van der Waals surface area contributed by atoms with Crippen LogP contribution in [-0.2, 0) is 6.42 Å². The number of phenolic OH excluding ortho intramolecular Hbond substituents is 1. The number of phenols is 1. The lowest BCUT2D eigenvalue weighted by Crippen LogP contribution is -2.12. The molecule has 0 aliphatic carbocycles. The van der Waals surface area contributed by atoms with E-state index in [1.54, 1.807) is 6.07 Å². The topological polar surface area (TPSA) is 32.6 Å². The molecule has 0 amide bonds. The molecule has 0 aliphatic rings. The smallest absolute Gasteiger partial charge is 0.124 e. The molecule has 0 bridgehead atoms. The molecule has 0 aliphatic heterocycles. The van der Waals surface area contributed by atoms with Gasteiger partial charge in [-0.2, -0.15) is 0 Å². The molecular weight excluding hydrogens is 498 g/mol. The highest BCUT2D eigenvalue weighted by Crippen LogP contribution is 2.25. The van der Waals surface area contributed by atoms with Gasteiger partial charge in [-0.15, -0.1) is 0 Å². The van der Waals surface area contributed by atoms with Gasteiger partial charge in [-0.25, -0.2) is 0 Å². The van der Waals surface area contributed by atoms with E-state index in [2.05, 4.69) is 103 Å². The normalized spacial score (nSPS) is 12.4. The van der Waals surface area contributed by atoms with Crippen molar-refractivity contribution in [2.75, 3.05) is 0 Å². The van der Waals surface area contributed by atoms with Crippen molar-refractivity contribution in [2.45, 2.75) is 107 Å². The van der Waals surface area contributed by atoms with E-state index in [0.29, 0.717) is 11.7 Å². The minimum Gasteiger partial charge on any atom is -0.507 e. The molecule has 1 N–H and O–H groups in total. The minimum absolute atomic E-state index is 0.223. The molecule has 3 aromatic rings. The summed E-state index contributed by atoms with van der Waals surface area (Å²) in [5, 5.41) is 10.3. The van der Waals surface area contributed by atoms with Crippen LogP contribution in [0.2, 0.25) is 0 Å². The monoisotopic (exact) mass is 555 g/mol. The van der Waals surface area contributed by atoms with Gasteiger partial charge in [0, 0.05) is 5.56 Å². The van der Waals surface area contributed by atoms with Crippen LogP contribution in [0.4, 0.5) is 0 Å². The summed E-state index contributed by atoms with van der Waals surface area (Å²) < 4.78 is 0. The number of allylic oxidation sites excluding steroid dienone is 2. The Morgan fingerprint density at radius 2 is 1.29 bits per heavy atom. The second-order valence-electron chi connectivity index (χ2n) is 11.1. The molecule has 224 valence electrons. The first-order valence-corrected chi connectivity index (χ1v) is 16.0. The van der Waals surface area contributed by atoms with E-state index in [1.807, 2.05) is 38.1 Å². The van der Waals surface area contributed by atoms with Crippen molar-refractivity contribution in [3.05, 3.63) is 102 Å². The zero-order valence-corrected chi connectivity index (χ0v) is 27.5. The van der Waals surface area contributed by atoms with Gasteiger partial charge in [0.2, 0.25) is 0 Å². The van der Waals surface area contributed by atoms with E-state index in [4.69, 9.17) is 4.99 Å². The van der Waals surface area contributed by atoms with Crippen molar-refractivity contribution in [1.29, 1.82) is 0 Å². The maximum absolute atomic E-state index is 10.3. The van der Waals surface area contributed by atoms with E-state index in [1.165, 1.54) is 47.9 Å². The first-order valence-electron chi connectivity index (χ1n) is 16.0. The van der Waals surface area contributed by atoms with Gasteiger partial charge in [0.25, 0.3) is 0 Å². The summed E-state index contributed by atoms with van der Waals surface area (Å²) >= 11 is 0. The lowest BCUT2D eigenvalue weighted by atomic mass is 9.90. The number of para-hydroxylation sites is 1. The fraction of sp³-hybridized carbons (Fsp3) is 0.462. The van der Waals surface area contributed by atoms with Crippen LogP contribution in [0, 0.1) is 11.8 Å². The maximum Gasteiger partial charge on any atom is 0.124 e. The zero-order valence-electron chi connectivity index (χ0n) is 27.5. The number of aryl methyl sites for hydroxylation is 1. The second kappa shape index (κ2) is 20.7. The van der Waals surface area contributed by atoms with Crippen LogP contribution in [0.1, 0.15) is 106 Å². The van der Waals surface area contributed by atoms with Crippen molar-refractivity contribution in [3.63, 3.8) is 0 Å². The Hall–Kier alpha value is -3.13. The number of benzene rings is 3. The van der Waals surface area contributed by atoms with Gasteiger partial charge in [-0.05, 0) is 73.4 Å². The van der Waals surface area contributed by atoms with Gasteiger partial charge in [0.1, 0.15) is 5.75 Å². The quantitative estimate of drug-likeness (QED) is 0.221. The number of hydrogen-bond donors (Lipinski definition) is 1. The van der Waals surface area contributed by atoms with Gasteiger partial charge in [0.05, 0.1) is 11.8 Å². The van der Waals surface area contributed by atoms with Crippen molar-refractivity contribution in [1.82, 2.24) is 0 Å². The zero-order chi connectivity index (χ0) is 30.6. The predicted molar refractivity (Wildman–Crippen MR) is 183 cm³/mol. The first kappa shape index (κ1) is 35.9. The first-order chi connectivity index (χ1) is 19.8. The Morgan fingerprint density at radius 1 is 0.756 bits per heavy atom. The Bertz CT molecular complexity index is 1140. The average molecular weight is 556 g/mol.